The number of pyridine rings is 1. The standard InChI is InChI=1S/C22H18ClN7O/c23-15-3-1-2-14(10-15)22(31)25-8-9-30-12-17-16-5-4-13(18-6-7-26-28-18)11-19(16)27-21(24)20(17)29-30/h1-7,10-12H,8-9H2,(H2,24,27)(H,25,31)(H,26,28). The van der Waals surface area contributed by atoms with Crippen LogP contribution in [0, 0.1) is 0 Å². The second-order valence-electron chi connectivity index (χ2n) is 7.12. The SMILES string of the molecule is Nc1nc2cc(-c3ccn[nH]3)ccc2c2cn(CCNC(=O)c3cccc(Cl)c3)nc12. The summed E-state index contributed by atoms with van der Waals surface area (Å²) in [5, 5.41) is 16.8. The van der Waals surface area contributed by atoms with Gasteiger partial charge in [0.25, 0.3) is 5.91 Å². The first-order valence-electron chi connectivity index (χ1n) is 9.68. The first-order valence-corrected chi connectivity index (χ1v) is 10.1. The van der Waals surface area contributed by atoms with Gasteiger partial charge in [-0.2, -0.15) is 10.2 Å². The van der Waals surface area contributed by atoms with Gasteiger partial charge in [0.1, 0.15) is 5.52 Å². The lowest BCUT2D eigenvalue weighted by molar-refractivity contribution is 0.0952. The number of rotatable bonds is 5. The Bertz CT molecular complexity index is 1410. The molecule has 154 valence electrons. The smallest absolute Gasteiger partial charge is 0.251 e. The van der Waals surface area contributed by atoms with Crippen LogP contribution in [0.2, 0.25) is 5.02 Å². The molecule has 0 saturated carbocycles. The van der Waals surface area contributed by atoms with Gasteiger partial charge >= 0.3 is 0 Å². The van der Waals surface area contributed by atoms with E-state index in [4.69, 9.17) is 17.3 Å². The molecule has 9 heteroatoms. The number of amides is 1. The van der Waals surface area contributed by atoms with E-state index in [1.807, 2.05) is 30.5 Å². The molecule has 3 heterocycles. The summed E-state index contributed by atoms with van der Waals surface area (Å²) in [5.41, 5.74) is 10.0. The zero-order chi connectivity index (χ0) is 21.4. The van der Waals surface area contributed by atoms with Gasteiger partial charge in [-0.3, -0.25) is 14.6 Å². The number of anilines is 1. The summed E-state index contributed by atoms with van der Waals surface area (Å²) < 4.78 is 1.77. The molecule has 3 aromatic heterocycles. The number of carbonyl (C=O) groups is 1. The molecule has 31 heavy (non-hydrogen) atoms. The lowest BCUT2D eigenvalue weighted by atomic mass is 10.1. The first-order chi connectivity index (χ1) is 15.1. The van der Waals surface area contributed by atoms with Crippen LogP contribution in [0.15, 0.2) is 60.9 Å². The lowest BCUT2D eigenvalue weighted by Crippen LogP contribution is -2.27. The quantitative estimate of drug-likeness (QED) is 0.393. The molecular weight excluding hydrogens is 414 g/mol. The molecule has 0 aliphatic carbocycles. The topological polar surface area (TPSA) is 115 Å². The Hall–Kier alpha value is -3.91. The van der Waals surface area contributed by atoms with Crippen molar-refractivity contribution >= 4 is 45.1 Å². The minimum atomic E-state index is -0.183. The van der Waals surface area contributed by atoms with E-state index in [9.17, 15) is 4.79 Å². The zero-order valence-corrected chi connectivity index (χ0v) is 17.1. The van der Waals surface area contributed by atoms with Gasteiger partial charge in [0.05, 0.1) is 17.8 Å². The number of aromatic amines is 1. The van der Waals surface area contributed by atoms with Gasteiger partial charge in [0.2, 0.25) is 0 Å². The molecule has 0 spiro atoms. The van der Waals surface area contributed by atoms with Crippen molar-refractivity contribution in [2.45, 2.75) is 6.54 Å². The highest BCUT2D eigenvalue weighted by atomic mass is 35.5. The van der Waals surface area contributed by atoms with Crippen LogP contribution in [0.25, 0.3) is 33.1 Å². The molecule has 1 amide bonds. The summed E-state index contributed by atoms with van der Waals surface area (Å²) in [4.78, 5) is 16.8. The van der Waals surface area contributed by atoms with E-state index in [1.165, 1.54) is 0 Å². The van der Waals surface area contributed by atoms with E-state index in [-0.39, 0.29) is 5.91 Å². The van der Waals surface area contributed by atoms with E-state index < -0.39 is 0 Å². The molecule has 0 bridgehead atoms. The van der Waals surface area contributed by atoms with Gasteiger partial charge in [0, 0.05) is 45.9 Å². The van der Waals surface area contributed by atoms with Crippen molar-refractivity contribution in [3.8, 4) is 11.3 Å². The van der Waals surface area contributed by atoms with E-state index in [2.05, 4.69) is 25.6 Å². The second kappa shape index (κ2) is 7.73. The molecule has 5 aromatic rings. The Morgan fingerprint density at radius 1 is 1.16 bits per heavy atom. The number of H-pyrrole nitrogens is 1. The summed E-state index contributed by atoms with van der Waals surface area (Å²) >= 11 is 5.95. The van der Waals surface area contributed by atoms with Crippen LogP contribution in [0.3, 0.4) is 0 Å². The van der Waals surface area contributed by atoms with Crippen molar-refractivity contribution in [3.05, 3.63) is 71.5 Å². The number of nitrogens with one attached hydrogen (secondary N) is 2. The Morgan fingerprint density at radius 2 is 2.06 bits per heavy atom. The number of halogens is 1. The first kappa shape index (κ1) is 19.1. The molecule has 0 aliphatic rings. The van der Waals surface area contributed by atoms with E-state index >= 15 is 0 Å². The molecule has 4 N–H and O–H groups in total. The van der Waals surface area contributed by atoms with E-state index in [0.717, 1.165) is 27.5 Å². The number of benzene rings is 2. The maximum Gasteiger partial charge on any atom is 0.251 e. The van der Waals surface area contributed by atoms with Gasteiger partial charge in [0.15, 0.2) is 5.82 Å². The van der Waals surface area contributed by atoms with Crippen molar-refractivity contribution in [1.29, 1.82) is 0 Å². The van der Waals surface area contributed by atoms with Gasteiger partial charge in [-0.05, 0) is 30.3 Å². The number of nitrogens with zero attached hydrogens (tertiary/aromatic N) is 4. The highest BCUT2D eigenvalue weighted by Crippen LogP contribution is 2.29. The third kappa shape index (κ3) is 3.69. The van der Waals surface area contributed by atoms with Crippen LogP contribution in [0.4, 0.5) is 5.82 Å². The maximum absolute atomic E-state index is 12.3. The van der Waals surface area contributed by atoms with Crippen LogP contribution < -0.4 is 11.1 Å². The number of hydrogen-bond acceptors (Lipinski definition) is 5. The van der Waals surface area contributed by atoms with Gasteiger partial charge < -0.3 is 11.1 Å². The maximum atomic E-state index is 12.3. The normalized spacial score (nSPS) is 11.3. The molecule has 0 aliphatic heterocycles. The number of carbonyl (C=O) groups excluding carboxylic acids is 1. The summed E-state index contributed by atoms with van der Waals surface area (Å²) in [6, 6.07) is 14.7. The average molecular weight is 432 g/mol. The lowest BCUT2D eigenvalue weighted by Gasteiger charge is -2.05. The second-order valence-corrected chi connectivity index (χ2v) is 7.56. The fourth-order valence-electron chi connectivity index (χ4n) is 3.56. The summed E-state index contributed by atoms with van der Waals surface area (Å²) in [7, 11) is 0. The molecule has 0 fully saturated rings. The third-order valence-corrected chi connectivity index (χ3v) is 5.29. The summed E-state index contributed by atoms with van der Waals surface area (Å²) in [6.45, 7) is 0.905. The number of aromatic nitrogens is 5. The predicted octanol–water partition coefficient (Wildman–Crippen LogP) is 3.64. The highest BCUT2D eigenvalue weighted by Gasteiger charge is 2.12. The van der Waals surface area contributed by atoms with Crippen molar-refractivity contribution in [1.82, 2.24) is 30.3 Å². The Balaban J connectivity index is 1.38. The van der Waals surface area contributed by atoms with E-state index in [0.29, 0.717) is 35.0 Å². The average Bonchev–Trinajstić information content (AvgIpc) is 3.44. The van der Waals surface area contributed by atoms with Gasteiger partial charge in [-0.1, -0.05) is 29.8 Å². The number of nitrogen functional groups attached to an aromatic ring is 1. The fraction of sp³-hybridized carbons (Fsp3) is 0.0909. The molecule has 0 saturated heterocycles. The minimum absolute atomic E-state index is 0.183. The van der Waals surface area contributed by atoms with Crippen LogP contribution in [0.5, 0.6) is 0 Å². The molecule has 0 unspecified atom stereocenters. The number of fused-ring (bicyclic) bond motifs is 3. The fourth-order valence-corrected chi connectivity index (χ4v) is 3.75. The monoisotopic (exact) mass is 431 g/mol. The van der Waals surface area contributed by atoms with Gasteiger partial charge in [-0.25, -0.2) is 4.98 Å². The predicted molar refractivity (Wildman–Crippen MR) is 121 cm³/mol. The number of nitrogens with two attached hydrogens (primary N) is 1. The molecule has 5 rings (SSSR count). The van der Waals surface area contributed by atoms with Gasteiger partial charge in [-0.15, -0.1) is 0 Å². The van der Waals surface area contributed by atoms with Crippen LogP contribution in [-0.2, 0) is 6.54 Å². The number of hydrogen-bond donors (Lipinski definition) is 3. The molecule has 0 atom stereocenters. The summed E-state index contributed by atoms with van der Waals surface area (Å²) in [6.07, 6.45) is 3.64. The van der Waals surface area contributed by atoms with Crippen LogP contribution in [-0.4, -0.2) is 37.4 Å². The van der Waals surface area contributed by atoms with E-state index in [1.54, 1.807) is 35.1 Å². The van der Waals surface area contributed by atoms with Crippen LogP contribution in [0.1, 0.15) is 10.4 Å². The Labute approximate surface area is 182 Å². The minimum Gasteiger partial charge on any atom is -0.382 e. The van der Waals surface area contributed by atoms with Crippen LogP contribution >= 0.6 is 11.6 Å². The summed E-state index contributed by atoms with van der Waals surface area (Å²) in [5.74, 6) is 0.183. The molecular formula is C22H18ClN7O. The Kier molecular flexibility index (Phi) is 4.76. The van der Waals surface area contributed by atoms with Crippen molar-refractivity contribution in [2.75, 3.05) is 12.3 Å². The molecule has 0 radical (unpaired) electrons. The van der Waals surface area contributed by atoms with Crippen molar-refractivity contribution in [2.24, 2.45) is 0 Å². The molecule has 8 nitrogen and oxygen atoms in total. The third-order valence-electron chi connectivity index (χ3n) is 5.06. The largest absolute Gasteiger partial charge is 0.382 e. The zero-order valence-electron chi connectivity index (χ0n) is 16.3. The highest BCUT2D eigenvalue weighted by molar-refractivity contribution is 6.30. The Morgan fingerprint density at radius 3 is 2.87 bits per heavy atom. The molecule has 2 aromatic carbocycles. The van der Waals surface area contributed by atoms with Crippen molar-refractivity contribution < 1.29 is 4.79 Å². The van der Waals surface area contributed by atoms with Crippen molar-refractivity contribution in [3.63, 3.8) is 0 Å².